The fraction of sp³-hybridized carbons (Fsp3) is 0.375. The summed E-state index contributed by atoms with van der Waals surface area (Å²) in [6, 6.07) is 7.52. The zero-order valence-electron chi connectivity index (χ0n) is 19.3. The van der Waals surface area contributed by atoms with Crippen molar-refractivity contribution in [2.24, 2.45) is 0 Å². The van der Waals surface area contributed by atoms with E-state index in [1.807, 2.05) is 6.92 Å². The number of nitrogens with zero attached hydrogens (tertiary/aromatic N) is 3. The number of carboxylic acids is 1. The van der Waals surface area contributed by atoms with E-state index in [1.165, 1.54) is 17.9 Å². The molecule has 2 aromatic heterocycles. The van der Waals surface area contributed by atoms with Crippen molar-refractivity contribution < 1.29 is 37.3 Å². The van der Waals surface area contributed by atoms with Crippen LogP contribution in [0.4, 0.5) is 13.2 Å². The number of carboxylic acid groups (broad SMARTS) is 1. The predicted molar refractivity (Wildman–Crippen MR) is 120 cm³/mol. The van der Waals surface area contributed by atoms with Gasteiger partial charge in [0.15, 0.2) is 17.3 Å². The Morgan fingerprint density at radius 2 is 1.91 bits per heavy atom. The number of rotatable bonds is 12. The summed E-state index contributed by atoms with van der Waals surface area (Å²) in [6.07, 6.45) is -0.659. The monoisotopic (exact) mass is 493 g/mol. The molecule has 8 nitrogen and oxygen atoms in total. The van der Waals surface area contributed by atoms with E-state index in [1.54, 1.807) is 24.4 Å². The highest BCUT2D eigenvalue weighted by Gasteiger charge is 2.30. The first-order valence-electron chi connectivity index (χ1n) is 11.0. The van der Waals surface area contributed by atoms with E-state index in [0.29, 0.717) is 49.9 Å². The van der Waals surface area contributed by atoms with Gasteiger partial charge in [0.1, 0.15) is 0 Å². The summed E-state index contributed by atoms with van der Waals surface area (Å²) in [5.74, 6) is 0.726. The Bertz CT molecular complexity index is 1130. The first-order valence-corrected chi connectivity index (χ1v) is 11.0. The molecule has 3 rings (SSSR count). The third-order valence-corrected chi connectivity index (χ3v) is 5.07. The quantitative estimate of drug-likeness (QED) is 0.365. The van der Waals surface area contributed by atoms with Gasteiger partial charge in [-0.1, -0.05) is 12.1 Å². The van der Waals surface area contributed by atoms with E-state index in [-0.39, 0.29) is 12.2 Å². The Labute approximate surface area is 200 Å². The molecule has 2 heterocycles. The molecule has 0 atom stereocenters. The molecule has 0 amide bonds. The maximum atomic E-state index is 12.8. The predicted octanol–water partition coefficient (Wildman–Crippen LogP) is 4.72. The molecule has 1 N–H and O–H groups in total. The van der Waals surface area contributed by atoms with Crippen molar-refractivity contribution in [3.05, 3.63) is 59.4 Å². The van der Waals surface area contributed by atoms with Gasteiger partial charge in [-0.3, -0.25) is 4.79 Å². The van der Waals surface area contributed by atoms with E-state index < -0.39 is 17.7 Å². The van der Waals surface area contributed by atoms with Gasteiger partial charge in [-0.15, -0.1) is 5.10 Å². The number of hydrogen-bond donors (Lipinski definition) is 1. The number of hydrogen-bond acceptors (Lipinski definition) is 6. The zero-order valence-corrected chi connectivity index (χ0v) is 19.3. The molecular weight excluding hydrogens is 467 g/mol. The Hall–Kier alpha value is -3.76. The molecule has 35 heavy (non-hydrogen) atoms. The Kier molecular flexibility index (Phi) is 8.56. The van der Waals surface area contributed by atoms with E-state index in [0.717, 1.165) is 23.4 Å². The molecule has 0 radical (unpaired) electrons. The molecule has 0 spiro atoms. The first kappa shape index (κ1) is 25.9. The molecule has 0 unspecified atom stereocenters. The Balaban J connectivity index is 1.68. The van der Waals surface area contributed by atoms with Crippen LogP contribution in [0.3, 0.4) is 0 Å². The molecule has 0 saturated heterocycles. The van der Waals surface area contributed by atoms with Gasteiger partial charge in [-0.2, -0.15) is 13.2 Å². The minimum Gasteiger partial charge on any atom is -0.493 e. The summed E-state index contributed by atoms with van der Waals surface area (Å²) in [5.41, 5.74) is 0.654. The third-order valence-electron chi connectivity index (χ3n) is 5.07. The summed E-state index contributed by atoms with van der Waals surface area (Å²) >= 11 is 0. The van der Waals surface area contributed by atoms with Crippen LogP contribution in [0.15, 0.2) is 42.7 Å². The summed E-state index contributed by atoms with van der Waals surface area (Å²) in [6.45, 7) is 2.49. The number of pyridine rings is 1. The molecule has 0 aliphatic rings. The van der Waals surface area contributed by atoms with Crippen LogP contribution < -0.4 is 14.2 Å². The number of aryl methyl sites for hydroxylation is 2. The van der Waals surface area contributed by atoms with Crippen molar-refractivity contribution in [2.75, 3.05) is 20.3 Å². The summed E-state index contributed by atoms with van der Waals surface area (Å²) in [7, 11) is 1.52. The van der Waals surface area contributed by atoms with E-state index in [9.17, 15) is 18.0 Å². The van der Waals surface area contributed by atoms with Gasteiger partial charge >= 0.3 is 12.1 Å². The van der Waals surface area contributed by atoms with Crippen LogP contribution in [-0.2, 0) is 23.8 Å². The number of ether oxygens (including phenoxy) is 3. The molecule has 11 heteroatoms. The number of para-hydroxylation sites is 1. The summed E-state index contributed by atoms with van der Waals surface area (Å²) in [5, 5.41) is 13.3. The topological polar surface area (TPSA) is 95.7 Å². The third kappa shape index (κ3) is 6.87. The average molecular weight is 493 g/mol. The van der Waals surface area contributed by atoms with E-state index >= 15 is 0 Å². The number of carbonyl (C=O) groups is 1. The second kappa shape index (κ2) is 11.6. The molecule has 0 aliphatic heterocycles. The second-order valence-corrected chi connectivity index (χ2v) is 7.53. The molecular formula is C24H26F3N3O5. The molecule has 1 aromatic carbocycles. The normalized spacial score (nSPS) is 11.3. The van der Waals surface area contributed by atoms with Crippen molar-refractivity contribution in [2.45, 2.75) is 38.8 Å². The lowest BCUT2D eigenvalue weighted by Crippen LogP contribution is -2.07. The van der Waals surface area contributed by atoms with Crippen molar-refractivity contribution >= 4 is 5.97 Å². The smallest absolute Gasteiger partial charge is 0.417 e. The number of alkyl halides is 3. The minimum absolute atomic E-state index is 0.0294. The van der Waals surface area contributed by atoms with Crippen LogP contribution in [-0.4, -0.2) is 46.2 Å². The maximum absolute atomic E-state index is 12.8. The van der Waals surface area contributed by atoms with Gasteiger partial charge in [0.05, 0.1) is 25.9 Å². The molecule has 188 valence electrons. The van der Waals surface area contributed by atoms with Crippen LogP contribution in [0, 0.1) is 0 Å². The maximum Gasteiger partial charge on any atom is 0.417 e. The van der Waals surface area contributed by atoms with Gasteiger partial charge in [-0.25, -0.2) is 9.67 Å². The lowest BCUT2D eigenvalue weighted by molar-refractivity contribution is -0.138. The Morgan fingerprint density at radius 3 is 2.54 bits per heavy atom. The highest BCUT2D eigenvalue weighted by Crippen LogP contribution is 2.32. The highest BCUT2D eigenvalue weighted by molar-refractivity contribution is 5.67. The summed E-state index contributed by atoms with van der Waals surface area (Å²) in [4.78, 5) is 14.8. The Morgan fingerprint density at radius 1 is 1.11 bits per heavy atom. The molecule has 0 aliphatic carbocycles. The fourth-order valence-corrected chi connectivity index (χ4v) is 3.39. The number of methoxy groups -OCH3 is 1. The number of halogens is 3. The average Bonchev–Trinajstić information content (AvgIpc) is 3.23. The second-order valence-electron chi connectivity index (χ2n) is 7.53. The van der Waals surface area contributed by atoms with Crippen LogP contribution in [0.2, 0.25) is 0 Å². The standard InChI is InChI=1S/C24H26F3N3O5/c1-3-34-23-17(15-30(29-23)20-11-10-18(14-28-20)24(25,26)27)7-5-13-35-22-16(9-12-21(31)32)6-4-8-19(22)33-2/h4,6,8,10-11,14-15H,3,5,7,9,12-13H2,1-2H3,(H,31,32). The van der Waals surface area contributed by atoms with Crippen LogP contribution in [0.5, 0.6) is 17.4 Å². The highest BCUT2D eigenvalue weighted by atomic mass is 19.4. The summed E-state index contributed by atoms with van der Waals surface area (Å²) < 4.78 is 56.7. The van der Waals surface area contributed by atoms with Gasteiger partial charge in [0.2, 0.25) is 5.88 Å². The molecule has 0 saturated carbocycles. The van der Waals surface area contributed by atoms with Crippen molar-refractivity contribution in [1.82, 2.24) is 14.8 Å². The van der Waals surface area contributed by atoms with Crippen LogP contribution >= 0.6 is 0 Å². The first-order chi connectivity index (χ1) is 16.7. The van der Waals surface area contributed by atoms with E-state index in [2.05, 4.69) is 10.1 Å². The van der Waals surface area contributed by atoms with Crippen LogP contribution in [0.25, 0.3) is 5.82 Å². The lowest BCUT2D eigenvalue weighted by Gasteiger charge is -2.14. The minimum atomic E-state index is -4.47. The number of benzene rings is 1. The van der Waals surface area contributed by atoms with Gasteiger partial charge in [-0.05, 0) is 49.9 Å². The van der Waals surface area contributed by atoms with Crippen LogP contribution in [0.1, 0.15) is 36.5 Å². The molecule has 0 bridgehead atoms. The number of aliphatic carboxylic acids is 1. The van der Waals surface area contributed by atoms with Gasteiger partial charge < -0.3 is 19.3 Å². The van der Waals surface area contributed by atoms with Gasteiger partial charge in [0.25, 0.3) is 0 Å². The van der Waals surface area contributed by atoms with Crippen molar-refractivity contribution in [1.29, 1.82) is 0 Å². The fourth-order valence-electron chi connectivity index (χ4n) is 3.39. The lowest BCUT2D eigenvalue weighted by atomic mass is 10.1. The van der Waals surface area contributed by atoms with Gasteiger partial charge in [0, 0.05) is 24.4 Å². The zero-order chi connectivity index (χ0) is 25.4. The SMILES string of the molecule is CCOc1nn(-c2ccc(C(F)(F)F)cn2)cc1CCCOc1c(CCC(=O)O)cccc1OC. The van der Waals surface area contributed by atoms with Crippen molar-refractivity contribution in [3.63, 3.8) is 0 Å². The molecule has 0 fully saturated rings. The van der Waals surface area contributed by atoms with Crippen molar-refractivity contribution in [3.8, 4) is 23.2 Å². The number of aromatic nitrogens is 3. The molecule has 3 aromatic rings. The van der Waals surface area contributed by atoms with E-state index in [4.69, 9.17) is 19.3 Å². The largest absolute Gasteiger partial charge is 0.493 e.